The molecule has 0 N–H and O–H groups in total. The number of hydrogen-bond acceptors (Lipinski definition) is 8. The Bertz CT molecular complexity index is 1540. The molecule has 0 fully saturated rings. The normalized spacial score (nSPS) is 13.4. The van der Waals surface area contributed by atoms with Crippen LogP contribution in [0.3, 0.4) is 0 Å². The van der Waals surface area contributed by atoms with Crippen molar-refractivity contribution in [3.8, 4) is 28.7 Å². The summed E-state index contributed by atoms with van der Waals surface area (Å²) in [6.07, 6.45) is 1.59. The van der Waals surface area contributed by atoms with Crippen LogP contribution in [-0.2, 0) is 0 Å². The van der Waals surface area contributed by atoms with Crippen LogP contribution in [0.25, 0.3) is 17.0 Å². The largest absolute Gasteiger partial charge is 0.497 e. The lowest BCUT2D eigenvalue weighted by Gasteiger charge is -2.08. The average molecular weight is 486 g/mol. The fourth-order valence-corrected chi connectivity index (χ4v) is 4.08. The lowest BCUT2D eigenvalue weighted by Crippen LogP contribution is -2.07. The lowest BCUT2D eigenvalue weighted by atomic mass is 10.0. The molecule has 0 spiro atoms. The van der Waals surface area contributed by atoms with Crippen LogP contribution >= 0.6 is 0 Å². The summed E-state index contributed by atoms with van der Waals surface area (Å²) in [4.78, 5) is 25.9. The quantitative estimate of drug-likeness (QED) is 0.197. The monoisotopic (exact) mass is 486 g/mol. The number of esters is 1. The van der Waals surface area contributed by atoms with Crippen molar-refractivity contribution < 1.29 is 37.7 Å². The van der Waals surface area contributed by atoms with Crippen molar-refractivity contribution in [2.24, 2.45) is 0 Å². The number of ketones is 1. The summed E-state index contributed by atoms with van der Waals surface area (Å²) in [6, 6.07) is 15.3. The first kappa shape index (κ1) is 23.0. The van der Waals surface area contributed by atoms with E-state index < -0.39 is 5.97 Å². The van der Waals surface area contributed by atoms with Gasteiger partial charge in [0, 0.05) is 17.0 Å². The third-order valence-electron chi connectivity index (χ3n) is 5.81. The van der Waals surface area contributed by atoms with Crippen LogP contribution in [0.15, 0.2) is 64.8 Å². The van der Waals surface area contributed by atoms with Gasteiger partial charge in [-0.05, 0) is 55.0 Å². The predicted octanol–water partition coefficient (Wildman–Crippen LogP) is 5.60. The first-order chi connectivity index (χ1) is 17.4. The van der Waals surface area contributed by atoms with E-state index in [1.165, 1.54) is 13.2 Å². The molecule has 0 saturated carbocycles. The molecule has 8 heteroatoms. The summed E-state index contributed by atoms with van der Waals surface area (Å²) < 4.78 is 33.0. The van der Waals surface area contributed by atoms with Gasteiger partial charge in [-0.2, -0.15) is 0 Å². The molecule has 1 aliphatic heterocycles. The highest BCUT2D eigenvalue weighted by molar-refractivity contribution is 6.15. The summed E-state index contributed by atoms with van der Waals surface area (Å²) >= 11 is 0. The maximum atomic E-state index is 13.1. The number of furan rings is 1. The van der Waals surface area contributed by atoms with Crippen LogP contribution < -0.4 is 23.7 Å². The number of carbonyl (C=O) groups excluding carboxylic acids is 2. The predicted molar refractivity (Wildman–Crippen MR) is 131 cm³/mol. The zero-order valence-corrected chi connectivity index (χ0v) is 20.0. The number of benzene rings is 3. The van der Waals surface area contributed by atoms with Gasteiger partial charge >= 0.3 is 5.97 Å². The number of methoxy groups -OCH3 is 3. The molecule has 36 heavy (non-hydrogen) atoms. The first-order valence-electron chi connectivity index (χ1n) is 11.0. The molecule has 0 atom stereocenters. The van der Waals surface area contributed by atoms with Crippen LogP contribution in [0.2, 0.25) is 0 Å². The Balaban J connectivity index is 1.43. The lowest BCUT2D eigenvalue weighted by molar-refractivity contribution is 0.0703. The van der Waals surface area contributed by atoms with Crippen molar-refractivity contribution in [2.45, 2.75) is 6.92 Å². The summed E-state index contributed by atoms with van der Waals surface area (Å²) in [5, 5.41) is 0.711. The Labute approximate surface area is 206 Å². The fraction of sp³-hybridized carbons (Fsp3) is 0.143. The van der Waals surface area contributed by atoms with E-state index >= 15 is 0 Å². The van der Waals surface area contributed by atoms with Gasteiger partial charge in [-0.1, -0.05) is 12.1 Å². The number of Topliss-reactive ketones (excluding diaryl/α,β-unsaturated/α-hetero) is 1. The van der Waals surface area contributed by atoms with Gasteiger partial charge in [0.05, 0.1) is 26.9 Å². The van der Waals surface area contributed by atoms with Crippen molar-refractivity contribution in [1.82, 2.24) is 0 Å². The zero-order chi connectivity index (χ0) is 25.4. The second-order valence-corrected chi connectivity index (χ2v) is 8.04. The molecule has 4 aromatic rings. The van der Waals surface area contributed by atoms with Crippen LogP contribution in [0, 0.1) is 6.92 Å². The number of ether oxygens (including phenoxy) is 5. The van der Waals surface area contributed by atoms with Crippen molar-refractivity contribution in [1.29, 1.82) is 0 Å². The van der Waals surface area contributed by atoms with E-state index in [2.05, 4.69) is 0 Å². The maximum absolute atomic E-state index is 13.1. The molecule has 1 aliphatic rings. The first-order valence-corrected chi connectivity index (χ1v) is 11.0. The van der Waals surface area contributed by atoms with Gasteiger partial charge in [0.15, 0.2) is 17.1 Å². The molecule has 0 aliphatic carbocycles. The molecule has 0 unspecified atom stereocenters. The summed E-state index contributed by atoms with van der Waals surface area (Å²) in [5.74, 6) is 1.37. The Hall–Kier alpha value is -4.72. The summed E-state index contributed by atoms with van der Waals surface area (Å²) in [7, 11) is 4.62. The highest BCUT2D eigenvalue weighted by atomic mass is 16.6. The number of para-hydroxylation sites is 1. The molecular formula is C28H22O8. The molecule has 1 aromatic heterocycles. The zero-order valence-electron chi connectivity index (χ0n) is 20.0. The fourth-order valence-electron chi connectivity index (χ4n) is 4.08. The Morgan fingerprint density at radius 1 is 0.889 bits per heavy atom. The third kappa shape index (κ3) is 4.02. The number of fused-ring (bicyclic) bond motifs is 2. The second-order valence-electron chi connectivity index (χ2n) is 8.04. The molecule has 182 valence electrons. The Morgan fingerprint density at radius 2 is 1.69 bits per heavy atom. The van der Waals surface area contributed by atoms with Gasteiger partial charge in [-0.25, -0.2) is 4.79 Å². The van der Waals surface area contributed by atoms with E-state index in [-0.39, 0.29) is 23.1 Å². The molecule has 5 rings (SSSR count). The van der Waals surface area contributed by atoms with Gasteiger partial charge in [0.1, 0.15) is 23.0 Å². The van der Waals surface area contributed by atoms with Crippen LogP contribution in [0.1, 0.15) is 32.0 Å². The maximum Gasteiger partial charge on any atom is 0.379 e. The summed E-state index contributed by atoms with van der Waals surface area (Å²) in [5.41, 5.74) is 2.08. The van der Waals surface area contributed by atoms with Gasteiger partial charge in [0.25, 0.3) is 0 Å². The number of hydrogen-bond donors (Lipinski definition) is 0. The second kappa shape index (κ2) is 9.14. The van der Waals surface area contributed by atoms with E-state index in [1.807, 2.05) is 6.07 Å². The minimum absolute atomic E-state index is 0.0235. The molecule has 0 saturated heterocycles. The Kier molecular flexibility index (Phi) is 5.85. The molecule has 0 amide bonds. The Morgan fingerprint density at radius 3 is 2.44 bits per heavy atom. The third-order valence-corrected chi connectivity index (χ3v) is 5.81. The number of carbonyl (C=O) groups is 2. The topological polar surface area (TPSA) is 93.4 Å². The van der Waals surface area contributed by atoms with Crippen LogP contribution in [0.4, 0.5) is 0 Å². The number of allylic oxidation sites excluding steroid dienone is 1. The number of aryl methyl sites for hydroxylation is 1. The molecule has 8 nitrogen and oxygen atoms in total. The van der Waals surface area contributed by atoms with Gasteiger partial charge in [-0.15, -0.1) is 0 Å². The van der Waals surface area contributed by atoms with Gasteiger partial charge < -0.3 is 28.1 Å². The highest BCUT2D eigenvalue weighted by Crippen LogP contribution is 2.39. The minimum atomic E-state index is -0.686. The molecule has 0 radical (unpaired) electrons. The van der Waals surface area contributed by atoms with E-state index in [9.17, 15) is 9.59 Å². The standard InChI is InChI=1S/C28H22O8/c1-15-10-19(34-28(30)24-12-16-6-5-7-21(33-4)27(16)36-24)14-22-25(15)26(29)23(35-22)13-17-11-18(31-2)8-9-20(17)32-3/h5-14H,1-4H3/b23-13-. The molecular weight excluding hydrogens is 464 g/mol. The summed E-state index contributed by atoms with van der Waals surface area (Å²) in [6.45, 7) is 1.75. The van der Waals surface area contributed by atoms with Gasteiger partial charge in [-0.3, -0.25) is 4.79 Å². The van der Waals surface area contributed by atoms with Crippen molar-refractivity contribution in [3.05, 3.63) is 82.8 Å². The highest BCUT2D eigenvalue weighted by Gasteiger charge is 2.31. The number of rotatable bonds is 6. The molecule has 3 aromatic carbocycles. The van der Waals surface area contributed by atoms with Crippen molar-refractivity contribution >= 4 is 28.8 Å². The SMILES string of the molecule is COc1ccc(OC)c(/C=C2\Oc3cc(OC(=O)c4cc5cccc(OC)c5o4)cc(C)c3C2=O)c1. The average Bonchev–Trinajstić information content (AvgIpc) is 3.45. The molecule has 0 bridgehead atoms. The van der Waals surface area contributed by atoms with Crippen molar-refractivity contribution in [2.75, 3.05) is 21.3 Å². The smallest absolute Gasteiger partial charge is 0.379 e. The van der Waals surface area contributed by atoms with Crippen LogP contribution in [0.5, 0.6) is 28.7 Å². The van der Waals surface area contributed by atoms with E-state index in [4.69, 9.17) is 28.1 Å². The van der Waals surface area contributed by atoms with Crippen molar-refractivity contribution in [3.63, 3.8) is 0 Å². The van der Waals surface area contributed by atoms with E-state index in [0.717, 1.165) is 0 Å². The van der Waals surface area contributed by atoms with E-state index in [0.29, 0.717) is 50.7 Å². The van der Waals surface area contributed by atoms with Gasteiger partial charge in [0.2, 0.25) is 11.5 Å². The molecule has 2 heterocycles. The minimum Gasteiger partial charge on any atom is -0.497 e. The van der Waals surface area contributed by atoms with E-state index in [1.54, 1.807) is 69.7 Å². The van der Waals surface area contributed by atoms with Crippen LogP contribution in [-0.4, -0.2) is 33.1 Å².